The van der Waals surface area contributed by atoms with Gasteiger partial charge in [0.15, 0.2) is 0 Å². The van der Waals surface area contributed by atoms with Gasteiger partial charge in [-0.15, -0.1) is 0 Å². The lowest BCUT2D eigenvalue weighted by atomic mass is 10.2. The van der Waals surface area contributed by atoms with Crippen molar-refractivity contribution >= 4 is 6.29 Å². The van der Waals surface area contributed by atoms with E-state index < -0.39 is 0 Å². The lowest BCUT2D eigenvalue weighted by Crippen LogP contribution is -1.98. The maximum atomic E-state index is 10.0. The van der Waals surface area contributed by atoms with Crippen LogP contribution in [0.25, 0.3) is 0 Å². The van der Waals surface area contributed by atoms with Crippen LogP contribution in [0, 0.1) is 6.92 Å². The van der Waals surface area contributed by atoms with Crippen LogP contribution in [0.4, 0.5) is 0 Å². The molecule has 0 N–H and O–H groups in total. The molecule has 0 fully saturated rings. The fraction of sp³-hybridized carbons (Fsp3) is 0.667. The molecule has 0 aliphatic rings. The molecule has 1 heterocycles. The Morgan fingerprint density at radius 1 is 1.38 bits per heavy atom. The van der Waals surface area contributed by atoms with Crippen molar-refractivity contribution in [3.05, 3.63) is 17.5 Å². The van der Waals surface area contributed by atoms with Gasteiger partial charge in [0.2, 0.25) is 0 Å². The van der Waals surface area contributed by atoms with Gasteiger partial charge in [-0.2, -0.15) is 0 Å². The topological polar surface area (TPSA) is 52.3 Å². The monoisotopic (exact) mass is 225 g/mol. The predicted molar refractivity (Wildman–Crippen MR) is 60.3 cm³/mol. The summed E-state index contributed by atoms with van der Waals surface area (Å²) in [5.74, 6) is 0.861. The molecule has 1 aromatic rings. The van der Waals surface area contributed by atoms with E-state index in [1.165, 1.54) is 0 Å². The van der Waals surface area contributed by atoms with Crippen LogP contribution in [0.3, 0.4) is 0 Å². The Morgan fingerprint density at radius 2 is 2.19 bits per heavy atom. The number of rotatable bonds is 9. The van der Waals surface area contributed by atoms with Crippen LogP contribution in [-0.2, 0) is 16.0 Å². The SMILES string of the molecule is Cc1cc(CCCCOCCCC=O)no1. The first-order chi connectivity index (χ1) is 7.83. The average molecular weight is 225 g/mol. The molecule has 16 heavy (non-hydrogen) atoms. The number of carbonyl (C=O) groups excluding carboxylic acids is 1. The van der Waals surface area contributed by atoms with Crippen LogP contribution in [0.5, 0.6) is 0 Å². The van der Waals surface area contributed by atoms with Gasteiger partial charge in [0.25, 0.3) is 0 Å². The van der Waals surface area contributed by atoms with Gasteiger partial charge in [-0.25, -0.2) is 0 Å². The quantitative estimate of drug-likeness (QED) is 0.478. The van der Waals surface area contributed by atoms with Crippen molar-refractivity contribution in [3.8, 4) is 0 Å². The van der Waals surface area contributed by atoms with Gasteiger partial charge in [0.05, 0.1) is 5.69 Å². The Balaban J connectivity index is 1.90. The van der Waals surface area contributed by atoms with Crippen molar-refractivity contribution in [1.29, 1.82) is 0 Å². The van der Waals surface area contributed by atoms with E-state index in [4.69, 9.17) is 9.26 Å². The van der Waals surface area contributed by atoms with E-state index in [2.05, 4.69) is 5.16 Å². The van der Waals surface area contributed by atoms with Gasteiger partial charge in [-0.1, -0.05) is 5.16 Å². The van der Waals surface area contributed by atoms with E-state index in [1.807, 2.05) is 13.0 Å². The molecule has 0 saturated carbocycles. The summed E-state index contributed by atoms with van der Waals surface area (Å²) in [5.41, 5.74) is 1.01. The van der Waals surface area contributed by atoms with Gasteiger partial charge in [-0.05, 0) is 32.6 Å². The summed E-state index contributed by atoms with van der Waals surface area (Å²) >= 11 is 0. The molecule has 90 valence electrons. The van der Waals surface area contributed by atoms with Crippen molar-refractivity contribution in [2.45, 2.75) is 39.0 Å². The molecule has 0 radical (unpaired) electrons. The molecule has 1 rings (SSSR count). The molecule has 0 aromatic carbocycles. The third kappa shape index (κ3) is 5.66. The van der Waals surface area contributed by atoms with Crippen LogP contribution in [0.2, 0.25) is 0 Å². The highest BCUT2D eigenvalue weighted by molar-refractivity contribution is 5.48. The van der Waals surface area contributed by atoms with Crippen LogP contribution >= 0.6 is 0 Å². The number of ether oxygens (including phenoxy) is 1. The average Bonchev–Trinajstić information content (AvgIpc) is 2.68. The molecule has 0 aliphatic heterocycles. The standard InChI is InChI=1S/C12H19NO3/c1-11-10-12(13-16-11)6-2-4-8-15-9-5-3-7-14/h7,10H,2-6,8-9H2,1H3. The summed E-state index contributed by atoms with van der Waals surface area (Å²) in [4.78, 5) is 10.0. The summed E-state index contributed by atoms with van der Waals surface area (Å²) in [5, 5.41) is 3.92. The minimum Gasteiger partial charge on any atom is -0.381 e. The van der Waals surface area contributed by atoms with Crippen molar-refractivity contribution in [2.24, 2.45) is 0 Å². The van der Waals surface area contributed by atoms with E-state index in [1.54, 1.807) is 0 Å². The van der Waals surface area contributed by atoms with Gasteiger partial charge in [0, 0.05) is 25.7 Å². The number of hydrogen-bond acceptors (Lipinski definition) is 4. The minimum absolute atomic E-state index is 0.595. The molecular formula is C12H19NO3. The predicted octanol–water partition coefficient (Wildman–Crippen LogP) is 2.30. The third-order valence-electron chi connectivity index (χ3n) is 2.26. The fourth-order valence-corrected chi connectivity index (χ4v) is 1.42. The maximum Gasteiger partial charge on any atom is 0.133 e. The highest BCUT2D eigenvalue weighted by Crippen LogP contribution is 2.05. The first-order valence-electron chi connectivity index (χ1n) is 5.76. The van der Waals surface area contributed by atoms with Crippen LogP contribution in [-0.4, -0.2) is 24.7 Å². The molecule has 0 spiro atoms. The first kappa shape index (κ1) is 12.9. The van der Waals surface area contributed by atoms with E-state index in [9.17, 15) is 4.79 Å². The summed E-state index contributed by atoms with van der Waals surface area (Å²) in [6.07, 6.45) is 5.36. The molecule has 0 atom stereocenters. The summed E-state index contributed by atoms with van der Waals surface area (Å²) < 4.78 is 10.3. The zero-order valence-electron chi connectivity index (χ0n) is 9.78. The van der Waals surface area contributed by atoms with Crippen molar-refractivity contribution in [1.82, 2.24) is 5.16 Å². The van der Waals surface area contributed by atoms with Crippen molar-refractivity contribution < 1.29 is 14.1 Å². The zero-order valence-corrected chi connectivity index (χ0v) is 9.78. The Bertz CT molecular complexity index is 296. The second-order valence-corrected chi connectivity index (χ2v) is 3.81. The van der Waals surface area contributed by atoms with Gasteiger partial charge < -0.3 is 14.1 Å². The van der Waals surface area contributed by atoms with Gasteiger partial charge >= 0.3 is 0 Å². The summed E-state index contributed by atoms with van der Waals surface area (Å²) in [6.45, 7) is 3.34. The van der Waals surface area contributed by atoms with Gasteiger partial charge in [0.1, 0.15) is 12.0 Å². The Kier molecular flexibility index (Phi) is 6.49. The van der Waals surface area contributed by atoms with Gasteiger partial charge in [-0.3, -0.25) is 0 Å². The Hall–Kier alpha value is -1.16. The van der Waals surface area contributed by atoms with Crippen molar-refractivity contribution in [3.63, 3.8) is 0 Å². The van der Waals surface area contributed by atoms with E-state index >= 15 is 0 Å². The minimum atomic E-state index is 0.595. The van der Waals surface area contributed by atoms with Crippen LogP contribution in [0.1, 0.15) is 37.1 Å². The number of aryl methyl sites for hydroxylation is 2. The third-order valence-corrected chi connectivity index (χ3v) is 2.26. The lowest BCUT2D eigenvalue weighted by Gasteiger charge is -2.01. The Labute approximate surface area is 96.0 Å². The van der Waals surface area contributed by atoms with E-state index in [-0.39, 0.29) is 0 Å². The second kappa shape index (κ2) is 8.05. The molecule has 1 aromatic heterocycles. The highest BCUT2D eigenvalue weighted by atomic mass is 16.5. The molecular weight excluding hydrogens is 206 g/mol. The molecule has 0 unspecified atom stereocenters. The molecule has 0 aliphatic carbocycles. The smallest absolute Gasteiger partial charge is 0.133 e. The Morgan fingerprint density at radius 3 is 2.88 bits per heavy atom. The van der Waals surface area contributed by atoms with E-state index in [0.29, 0.717) is 13.0 Å². The highest BCUT2D eigenvalue weighted by Gasteiger charge is 1.99. The van der Waals surface area contributed by atoms with E-state index in [0.717, 1.165) is 50.0 Å². The zero-order chi connectivity index (χ0) is 11.6. The largest absolute Gasteiger partial charge is 0.381 e. The number of aldehydes is 1. The number of unbranched alkanes of at least 4 members (excludes halogenated alkanes) is 2. The normalized spacial score (nSPS) is 10.6. The lowest BCUT2D eigenvalue weighted by molar-refractivity contribution is -0.108. The molecule has 4 heteroatoms. The fourth-order valence-electron chi connectivity index (χ4n) is 1.42. The number of aromatic nitrogens is 1. The summed E-state index contributed by atoms with van der Waals surface area (Å²) in [7, 11) is 0. The second-order valence-electron chi connectivity index (χ2n) is 3.81. The maximum absolute atomic E-state index is 10.0. The molecule has 0 saturated heterocycles. The van der Waals surface area contributed by atoms with Crippen LogP contribution < -0.4 is 0 Å². The number of hydrogen-bond donors (Lipinski definition) is 0. The van der Waals surface area contributed by atoms with Crippen molar-refractivity contribution in [2.75, 3.05) is 13.2 Å². The molecule has 0 amide bonds. The number of nitrogens with zero attached hydrogens (tertiary/aromatic N) is 1. The van der Waals surface area contributed by atoms with Crippen LogP contribution in [0.15, 0.2) is 10.6 Å². The molecule has 0 bridgehead atoms. The summed E-state index contributed by atoms with van der Waals surface area (Å²) in [6, 6.07) is 1.96. The first-order valence-corrected chi connectivity index (χ1v) is 5.76. The molecule has 4 nitrogen and oxygen atoms in total. The number of carbonyl (C=O) groups is 1.